The highest BCUT2D eigenvalue weighted by molar-refractivity contribution is 6.30. The van der Waals surface area contributed by atoms with Gasteiger partial charge in [0.2, 0.25) is 0 Å². The van der Waals surface area contributed by atoms with Crippen LogP contribution in [-0.2, 0) is 6.42 Å². The number of aromatic amines is 1. The summed E-state index contributed by atoms with van der Waals surface area (Å²) in [5, 5.41) is 0.700. The Morgan fingerprint density at radius 2 is 1.71 bits per heavy atom. The second-order valence-electron chi connectivity index (χ2n) is 7.58. The van der Waals surface area contributed by atoms with E-state index in [1.807, 2.05) is 35.8 Å². The van der Waals surface area contributed by atoms with E-state index in [1.165, 1.54) is 5.56 Å². The van der Waals surface area contributed by atoms with Crippen LogP contribution in [0.2, 0.25) is 5.02 Å². The van der Waals surface area contributed by atoms with Crippen molar-refractivity contribution in [1.82, 2.24) is 14.5 Å². The van der Waals surface area contributed by atoms with E-state index >= 15 is 0 Å². The van der Waals surface area contributed by atoms with Crippen LogP contribution in [0.1, 0.15) is 30.1 Å². The summed E-state index contributed by atoms with van der Waals surface area (Å²) in [6.45, 7) is 5.17. The Labute approximate surface area is 170 Å². The SMILES string of the molecule is Cc1c(-c2ccc(Cl)cc2)[nH]c(=O)n1C1CCN(CCc2ccccc2)CC1. The molecule has 0 amide bonds. The number of likely N-dealkylation sites (tertiary alicyclic amines) is 1. The number of imidazole rings is 1. The minimum atomic E-state index is -0.00909. The molecule has 28 heavy (non-hydrogen) atoms. The first-order valence-corrected chi connectivity index (χ1v) is 10.3. The van der Waals surface area contributed by atoms with Crippen molar-refractivity contribution >= 4 is 11.6 Å². The number of benzene rings is 2. The number of rotatable bonds is 5. The van der Waals surface area contributed by atoms with Gasteiger partial charge < -0.3 is 9.88 Å². The number of aromatic nitrogens is 2. The largest absolute Gasteiger partial charge is 0.326 e. The van der Waals surface area contributed by atoms with Crippen LogP contribution < -0.4 is 5.69 Å². The molecule has 1 aliphatic rings. The highest BCUT2D eigenvalue weighted by Crippen LogP contribution is 2.27. The van der Waals surface area contributed by atoms with Crippen LogP contribution in [0.4, 0.5) is 0 Å². The molecule has 2 aromatic carbocycles. The van der Waals surface area contributed by atoms with Crippen molar-refractivity contribution in [3.8, 4) is 11.3 Å². The first kappa shape index (κ1) is 19.0. The van der Waals surface area contributed by atoms with Gasteiger partial charge in [-0.2, -0.15) is 0 Å². The molecule has 0 radical (unpaired) electrons. The fourth-order valence-corrected chi connectivity index (χ4v) is 4.33. The van der Waals surface area contributed by atoms with Gasteiger partial charge in [-0.05, 0) is 49.4 Å². The average Bonchev–Trinajstić information content (AvgIpc) is 3.02. The molecule has 1 saturated heterocycles. The minimum absolute atomic E-state index is 0.00909. The molecule has 4 rings (SSSR count). The zero-order chi connectivity index (χ0) is 19.5. The van der Waals surface area contributed by atoms with E-state index < -0.39 is 0 Å². The van der Waals surface area contributed by atoms with Crippen LogP contribution in [0.25, 0.3) is 11.3 Å². The number of hydrogen-bond donors (Lipinski definition) is 1. The zero-order valence-corrected chi connectivity index (χ0v) is 17.0. The van der Waals surface area contributed by atoms with Gasteiger partial charge in [0.05, 0.1) is 5.69 Å². The lowest BCUT2D eigenvalue weighted by atomic mass is 10.0. The predicted octanol–water partition coefficient (Wildman–Crippen LogP) is 4.68. The summed E-state index contributed by atoms with van der Waals surface area (Å²) in [5.74, 6) is 0. The number of nitrogens with zero attached hydrogens (tertiary/aromatic N) is 2. The molecule has 146 valence electrons. The second kappa shape index (κ2) is 8.38. The fraction of sp³-hybridized carbons (Fsp3) is 0.348. The van der Waals surface area contributed by atoms with Gasteiger partial charge in [-0.3, -0.25) is 4.57 Å². The van der Waals surface area contributed by atoms with Crippen molar-refractivity contribution in [2.75, 3.05) is 19.6 Å². The molecular weight excluding hydrogens is 370 g/mol. The van der Waals surface area contributed by atoms with Crippen molar-refractivity contribution in [3.63, 3.8) is 0 Å². The van der Waals surface area contributed by atoms with Crippen LogP contribution in [0.5, 0.6) is 0 Å². The number of hydrogen-bond acceptors (Lipinski definition) is 2. The Bertz CT molecular complexity index is 967. The lowest BCUT2D eigenvalue weighted by Gasteiger charge is -2.32. The quantitative estimate of drug-likeness (QED) is 0.681. The Morgan fingerprint density at radius 1 is 1.04 bits per heavy atom. The van der Waals surface area contributed by atoms with Crippen LogP contribution in [0.3, 0.4) is 0 Å². The summed E-state index contributed by atoms with van der Waals surface area (Å²) >= 11 is 5.99. The standard InChI is InChI=1S/C23H26ClN3O/c1-17-22(19-7-9-20(24)10-8-19)25-23(28)27(17)21-12-15-26(16-13-21)14-11-18-5-3-2-4-6-18/h2-10,21H,11-16H2,1H3,(H,25,28). The second-order valence-corrected chi connectivity index (χ2v) is 8.01. The van der Waals surface area contributed by atoms with Crippen molar-refractivity contribution in [2.24, 2.45) is 0 Å². The summed E-state index contributed by atoms with van der Waals surface area (Å²) in [6.07, 6.45) is 3.09. The van der Waals surface area contributed by atoms with Gasteiger partial charge in [-0.1, -0.05) is 54.1 Å². The summed E-state index contributed by atoms with van der Waals surface area (Å²) in [4.78, 5) is 18.2. The highest BCUT2D eigenvalue weighted by atomic mass is 35.5. The Kier molecular flexibility index (Phi) is 5.69. The fourth-order valence-electron chi connectivity index (χ4n) is 4.20. The summed E-state index contributed by atoms with van der Waals surface area (Å²) in [5.41, 5.74) is 4.28. The van der Waals surface area contributed by atoms with Crippen LogP contribution in [0, 0.1) is 6.92 Å². The molecule has 3 aromatic rings. The number of nitrogens with one attached hydrogen (secondary N) is 1. The molecule has 0 saturated carbocycles. The van der Waals surface area contributed by atoms with E-state index in [1.54, 1.807) is 0 Å². The number of H-pyrrole nitrogens is 1. The van der Waals surface area contributed by atoms with E-state index in [0.717, 1.165) is 55.8 Å². The maximum absolute atomic E-state index is 12.7. The predicted molar refractivity (Wildman–Crippen MR) is 115 cm³/mol. The van der Waals surface area contributed by atoms with E-state index in [9.17, 15) is 4.79 Å². The van der Waals surface area contributed by atoms with E-state index in [2.05, 4.69) is 40.2 Å². The third-order valence-electron chi connectivity index (χ3n) is 5.79. The highest BCUT2D eigenvalue weighted by Gasteiger charge is 2.24. The third kappa shape index (κ3) is 4.08. The Balaban J connectivity index is 1.42. The van der Waals surface area contributed by atoms with Crippen LogP contribution in [-0.4, -0.2) is 34.1 Å². The molecule has 2 heterocycles. The van der Waals surface area contributed by atoms with Gasteiger partial charge in [-0.15, -0.1) is 0 Å². The van der Waals surface area contributed by atoms with Crippen LogP contribution in [0.15, 0.2) is 59.4 Å². The lowest BCUT2D eigenvalue weighted by Crippen LogP contribution is -2.38. The molecule has 0 spiro atoms. The van der Waals surface area contributed by atoms with Gasteiger partial charge >= 0.3 is 5.69 Å². The van der Waals surface area contributed by atoms with Gasteiger partial charge in [0.15, 0.2) is 0 Å². The van der Waals surface area contributed by atoms with Gasteiger partial charge in [-0.25, -0.2) is 4.79 Å². The molecular formula is C23H26ClN3O. The summed E-state index contributed by atoms with van der Waals surface area (Å²) in [6, 6.07) is 18.5. The zero-order valence-electron chi connectivity index (χ0n) is 16.2. The Morgan fingerprint density at radius 3 is 2.39 bits per heavy atom. The van der Waals surface area contributed by atoms with E-state index in [0.29, 0.717) is 5.02 Å². The van der Waals surface area contributed by atoms with Gasteiger partial charge in [0.1, 0.15) is 0 Å². The lowest BCUT2D eigenvalue weighted by molar-refractivity contribution is 0.185. The summed E-state index contributed by atoms with van der Waals surface area (Å²) in [7, 11) is 0. The topological polar surface area (TPSA) is 41.0 Å². The van der Waals surface area contributed by atoms with E-state index in [-0.39, 0.29) is 11.7 Å². The molecule has 0 bridgehead atoms. The Hall–Kier alpha value is -2.30. The smallest absolute Gasteiger partial charge is 0.305 e. The van der Waals surface area contributed by atoms with Crippen molar-refractivity contribution in [3.05, 3.63) is 81.4 Å². The van der Waals surface area contributed by atoms with E-state index in [4.69, 9.17) is 11.6 Å². The molecule has 1 aliphatic heterocycles. The average molecular weight is 396 g/mol. The van der Waals surface area contributed by atoms with Crippen LogP contribution >= 0.6 is 11.6 Å². The molecule has 0 atom stereocenters. The number of piperidine rings is 1. The molecule has 0 aliphatic carbocycles. The number of halogens is 1. The monoisotopic (exact) mass is 395 g/mol. The van der Waals surface area contributed by atoms with Crippen molar-refractivity contribution in [1.29, 1.82) is 0 Å². The maximum Gasteiger partial charge on any atom is 0.326 e. The molecule has 0 unspecified atom stereocenters. The van der Waals surface area contributed by atoms with Gasteiger partial charge in [0, 0.05) is 36.4 Å². The molecule has 1 fully saturated rings. The minimum Gasteiger partial charge on any atom is -0.305 e. The van der Waals surface area contributed by atoms with Gasteiger partial charge in [0.25, 0.3) is 0 Å². The summed E-state index contributed by atoms with van der Waals surface area (Å²) < 4.78 is 1.96. The first-order chi connectivity index (χ1) is 13.6. The molecule has 5 heteroatoms. The molecule has 4 nitrogen and oxygen atoms in total. The molecule has 1 aromatic heterocycles. The van der Waals surface area contributed by atoms with Crippen molar-refractivity contribution < 1.29 is 0 Å². The first-order valence-electron chi connectivity index (χ1n) is 9.95. The van der Waals surface area contributed by atoms with Crippen molar-refractivity contribution in [2.45, 2.75) is 32.2 Å². The molecule has 1 N–H and O–H groups in total. The third-order valence-corrected chi connectivity index (χ3v) is 6.04. The maximum atomic E-state index is 12.7. The normalized spacial score (nSPS) is 15.8.